The van der Waals surface area contributed by atoms with Crippen molar-refractivity contribution < 1.29 is 0 Å². The van der Waals surface area contributed by atoms with Crippen LogP contribution in [0.25, 0.3) is 0 Å². The SMILES string of the molecule is IB(I)Cc1ccccc1. The van der Waals surface area contributed by atoms with E-state index in [9.17, 15) is 0 Å². The number of rotatable bonds is 2. The number of halogens is 2. The van der Waals surface area contributed by atoms with Crippen molar-refractivity contribution in [3.05, 3.63) is 35.9 Å². The summed E-state index contributed by atoms with van der Waals surface area (Å²) in [5, 5.41) is 0. The fourth-order valence-electron chi connectivity index (χ4n) is 0.792. The highest BCUT2D eigenvalue weighted by molar-refractivity contribution is 14.3. The molecule has 0 aliphatic heterocycles. The van der Waals surface area contributed by atoms with E-state index in [1.54, 1.807) is 0 Å². The second kappa shape index (κ2) is 4.59. The van der Waals surface area contributed by atoms with Crippen molar-refractivity contribution >= 4 is 47.2 Å². The molecule has 0 aliphatic carbocycles. The van der Waals surface area contributed by atoms with Crippen LogP contribution in [0.2, 0.25) is 0 Å². The Kier molecular flexibility index (Phi) is 4.05. The number of benzene rings is 1. The third kappa shape index (κ3) is 3.23. The smallest absolute Gasteiger partial charge is 0.133 e. The molecule has 0 radical (unpaired) electrons. The van der Waals surface area contributed by atoms with E-state index >= 15 is 0 Å². The molecule has 1 aromatic carbocycles. The predicted molar refractivity (Wildman–Crippen MR) is 63.9 cm³/mol. The molecular formula is C7H7BI2. The van der Waals surface area contributed by atoms with Gasteiger partial charge in [0.2, 0.25) is 0 Å². The Hall–Kier alpha value is 0.745. The third-order valence-corrected chi connectivity index (χ3v) is 2.11. The van der Waals surface area contributed by atoms with Crippen molar-refractivity contribution in [2.24, 2.45) is 0 Å². The summed E-state index contributed by atoms with van der Waals surface area (Å²) in [7, 11) is 0. The van der Waals surface area contributed by atoms with Crippen LogP contribution in [0.1, 0.15) is 5.56 Å². The first-order chi connectivity index (χ1) is 4.79. The van der Waals surface area contributed by atoms with E-state index in [4.69, 9.17) is 0 Å². The van der Waals surface area contributed by atoms with Gasteiger partial charge in [0, 0.05) is 0 Å². The van der Waals surface area contributed by atoms with Gasteiger partial charge in [0.1, 0.15) is 0 Å². The van der Waals surface area contributed by atoms with Gasteiger partial charge in [0.25, 0.3) is 2.43 Å². The van der Waals surface area contributed by atoms with Gasteiger partial charge in [-0.05, 0) is 6.32 Å². The normalized spacial score (nSPS) is 9.40. The van der Waals surface area contributed by atoms with Gasteiger partial charge in [0.05, 0.1) is 0 Å². The quantitative estimate of drug-likeness (QED) is 0.565. The van der Waals surface area contributed by atoms with Crippen LogP contribution in [0.5, 0.6) is 0 Å². The monoisotopic (exact) mass is 356 g/mol. The van der Waals surface area contributed by atoms with E-state index in [0.29, 0.717) is 2.43 Å². The highest BCUT2D eigenvalue weighted by Crippen LogP contribution is 2.11. The minimum Gasteiger partial charge on any atom is -0.133 e. The summed E-state index contributed by atoms with van der Waals surface area (Å²) in [6.45, 7) is 0. The molecular weight excluding hydrogens is 349 g/mol. The lowest BCUT2D eigenvalue weighted by atomic mass is 9.97. The van der Waals surface area contributed by atoms with Crippen molar-refractivity contribution in [2.45, 2.75) is 6.32 Å². The summed E-state index contributed by atoms with van der Waals surface area (Å²) in [4.78, 5) is 0. The van der Waals surface area contributed by atoms with E-state index < -0.39 is 0 Å². The molecule has 0 heterocycles. The Labute approximate surface area is 88.6 Å². The summed E-state index contributed by atoms with van der Waals surface area (Å²) < 4.78 is 0.706. The summed E-state index contributed by atoms with van der Waals surface area (Å²) in [5.41, 5.74) is 1.43. The Bertz CT molecular complexity index is 186. The Morgan fingerprint density at radius 1 is 1.10 bits per heavy atom. The molecule has 0 saturated carbocycles. The molecule has 0 N–H and O–H groups in total. The van der Waals surface area contributed by atoms with E-state index in [0.717, 1.165) is 0 Å². The van der Waals surface area contributed by atoms with Crippen LogP contribution in [0.3, 0.4) is 0 Å². The van der Waals surface area contributed by atoms with Crippen molar-refractivity contribution in [3.8, 4) is 0 Å². The lowest BCUT2D eigenvalue weighted by Crippen LogP contribution is -1.96. The van der Waals surface area contributed by atoms with Crippen LogP contribution in [-0.4, -0.2) is 2.43 Å². The standard InChI is InChI=1S/C7H7BI2/c9-8(10)6-7-4-2-1-3-5-7/h1-5H,6H2. The molecule has 0 nitrogen and oxygen atoms in total. The second-order valence-electron chi connectivity index (χ2n) is 2.08. The van der Waals surface area contributed by atoms with Crippen LogP contribution in [0.4, 0.5) is 0 Å². The molecule has 0 fully saturated rings. The molecule has 0 unspecified atom stereocenters. The fraction of sp³-hybridized carbons (Fsp3) is 0.143. The van der Waals surface area contributed by atoms with Gasteiger partial charge in [-0.1, -0.05) is 35.9 Å². The topological polar surface area (TPSA) is 0 Å². The largest absolute Gasteiger partial charge is 0.293 e. The van der Waals surface area contributed by atoms with Crippen molar-refractivity contribution in [2.75, 3.05) is 0 Å². The molecule has 3 heteroatoms. The van der Waals surface area contributed by atoms with Crippen LogP contribution < -0.4 is 0 Å². The third-order valence-electron chi connectivity index (χ3n) is 1.23. The summed E-state index contributed by atoms with van der Waals surface area (Å²) in [6.07, 6.45) is 1.17. The Morgan fingerprint density at radius 2 is 1.70 bits per heavy atom. The highest BCUT2D eigenvalue weighted by atomic mass is 127. The summed E-state index contributed by atoms with van der Waals surface area (Å²) in [6, 6.07) is 10.6. The van der Waals surface area contributed by atoms with Gasteiger partial charge >= 0.3 is 0 Å². The molecule has 52 valence electrons. The van der Waals surface area contributed by atoms with Gasteiger partial charge in [-0.2, -0.15) is 0 Å². The average molecular weight is 356 g/mol. The maximum atomic E-state index is 2.43. The molecule has 0 saturated heterocycles. The van der Waals surface area contributed by atoms with E-state index in [1.807, 2.05) is 0 Å². The van der Waals surface area contributed by atoms with Crippen LogP contribution >= 0.6 is 44.7 Å². The summed E-state index contributed by atoms with van der Waals surface area (Å²) in [5.74, 6) is 0. The van der Waals surface area contributed by atoms with Gasteiger partial charge in [-0.15, -0.1) is 44.7 Å². The Balaban J connectivity index is 2.59. The van der Waals surface area contributed by atoms with Crippen LogP contribution in [0, 0.1) is 0 Å². The molecule has 0 aromatic heterocycles. The minimum absolute atomic E-state index is 0.706. The molecule has 0 bridgehead atoms. The molecule has 1 aromatic rings. The first kappa shape index (κ1) is 8.84. The van der Waals surface area contributed by atoms with Gasteiger partial charge in [0.15, 0.2) is 0 Å². The predicted octanol–water partition coefficient (Wildman–Crippen LogP) is 3.13. The van der Waals surface area contributed by atoms with E-state index in [2.05, 4.69) is 75.1 Å². The van der Waals surface area contributed by atoms with E-state index in [1.165, 1.54) is 11.9 Å². The van der Waals surface area contributed by atoms with Crippen LogP contribution in [-0.2, 0) is 6.32 Å². The van der Waals surface area contributed by atoms with E-state index in [-0.39, 0.29) is 0 Å². The average Bonchev–Trinajstić information content (AvgIpc) is 1.88. The maximum Gasteiger partial charge on any atom is 0.293 e. The summed E-state index contributed by atoms with van der Waals surface area (Å²) >= 11 is 4.87. The van der Waals surface area contributed by atoms with Gasteiger partial charge in [-0.25, -0.2) is 0 Å². The van der Waals surface area contributed by atoms with Gasteiger partial charge in [-0.3, -0.25) is 0 Å². The minimum atomic E-state index is 0.706. The zero-order valence-electron chi connectivity index (χ0n) is 5.43. The first-order valence-corrected chi connectivity index (χ1v) is 5.60. The first-order valence-electron chi connectivity index (χ1n) is 3.11. The number of hydrogen-bond donors (Lipinski definition) is 0. The van der Waals surface area contributed by atoms with Gasteiger partial charge < -0.3 is 0 Å². The Morgan fingerprint density at radius 3 is 2.20 bits per heavy atom. The second-order valence-corrected chi connectivity index (χ2v) is 7.47. The van der Waals surface area contributed by atoms with Crippen LogP contribution in [0.15, 0.2) is 30.3 Å². The molecule has 0 amide bonds. The fourth-order valence-corrected chi connectivity index (χ4v) is 1.81. The zero-order chi connectivity index (χ0) is 7.40. The maximum absolute atomic E-state index is 2.43. The molecule has 1 rings (SSSR count). The molecule has 0 spiro atoms. The number of hydrogen-bond acceptors (Lipinski definition) is 0. The molecule has 0 aliphatic rings. The molecule has 0 atom stereocenters. The molecule has 10 heavy (non-hydrogen) atoms. The van der Waals surface area contributed by atoms with Crippen molar-refractivity contribution in [3.63, 3.8) is 0 Å². The lowest BCUT2D eigenvalue weighted by molar-refractivity contribution is 1.40. The van der Waals surface area contributed by atoms with Crippen molar-refractivity contribution in [1.82, 2.24) is 0 Å². The highest BCUT2D eigenvalue weighted by Gasteiger charge is 2.03. The zero-order valence-corrected chi connectivity index (χ0v) is 9.74. The van der Waals surface area contributed by atoms with Crippen molar-refractivity contribution in [1.29, 1.82) is 0 Å². The lowest BCUT2D eigenvalue weighted by Gasteiger charge is -1.96.